The number of carbonyl (C=O) groups excluding carboxylic acids is 2. The molecule has 24 heavy (non-hydrogen) atoms. The van der Waals surface area contributed by atoms with Crippen LogP contribution >= 0.6 is 0 Å². The van der Waals surface area contributed by atoms with E-state index in [-0.39, 0.29) is 19.3 Å². The van der Waals surface area contributed by atoms with Crippen molar-refractivity contribution in [3.63, 3.8) is 0 Å². The number of carbonyl (C=O) groups is 2. The second-order valence-electron chi connectivity index (χ2n) is 5.35. The zero-order chi connectivity index (χ0) is 16.7. The predicted molar refractivity (Wildman–Crippen MR) is 82.8 cm³/mol. The Labute approximate surface area is 135 Å². The second kappa shape index (κ2) is 5.37. The molecule has 9 nitrogen and oxygen atoms in total. The quantitative estimate of drug-likeness (QED) is 0.718. The van der Waals surface area contributed by atoms with Crippen molar-refractivity contribution in [2.24, 2.45) is 5.73 Å². The first-order valence-corrected chi connectivity index (χ1v) is 7.24. The van der Waals surface area contributed by atoms with Crippen molar-refractivity contribution >= 4 is 28.6 Å². The molecule has 4 rings (SSSR count). The molecular formula is C15H13N5O4. The van der Waals surface area contributed by atoms with E-state index in [0.717, 1.165) is 5.39 Å². The molecule has 122 valence electrons. The highest BCUT2D eigenvalue weighted by molar-refractivity contribution is 6.03. The van der Waals surface area contributed by atoms with Gasteiger partial charge in [-0.15, -0.1) is 0 Å². The maximum atomic E-state index is 11.6. The summed E-state index contributed by atoms with van der Waals surface area (Å²) in [5.74, 6) is -0.189. The number of pyridine rings is 2. The molecule has 2 amide bonds. The lowest BCUT2D eigenvalue weighted by Crippen LogP contribution is -2.32. The van der Waals surface area contributed by atoms with Crippen molar-refractivity contribution in [3.05, 3.63) is 36.3 Å². The smallest absolute Gasteiger partial charge is 0.407 e. The van der Waals surface area contributed by atoms with E-state index in [1.54, 1.807) is 35.1 Å². The minimum atomic E-state index is -0.557. The Morgan fingerprint density at radius 2 is 2.33 bits per heavy atom. The summed E-state index contributed by atoms with van der Waals surface area (Å²) in [5.41, 5.74) is 6.85. The molecule has 0 radical (unpaired) electrons. The molecule has 0 bridgehead atoms. The molecule has 3 aromatic rings. The van der Waals surface area contributed by atoms with Crippen LogP contribution in [0.25, 0.3) is 16.6 Å². The van der Waals surface area contributed by atoms with Crippen LogP contribution in [0.15, 0.2) is 30.7 Å². The molecule has 1 atom stereocenters. The number of ether oxygens (including phenoxy) is 2. The number of primary amides is 1. The maximum Gasteiger partial charge on any atom is 0.407 e. The highest BCUT2D eigenvalue weighted by Crippen LogP contribution is 2.26. The lowest BCUT2D eigenvalue weighted by Gasteiger charge is -2.13. The Morgan fingerprint density at radius 3 is 3.08 bits per heavy atom. The van der Waals surface area contributed by atoms with Gasteiger partial charge in [-0.2, -0.15) is 0 Å². The van der Waals surface area contributed by atoms with Gasteiger partial charge in [-0.05, 0) is 12.1 Å². The molecule has 9 heteroatoms. The van der Waals surface area contributed by atoms with Crippen molar-refractivity contribution < 1.29 is 19.1 Å². The van der Waals surface area contributed by atoms with E-state index in [0.29, 0.717) is 22.6 Å². The van der Waals surface area contributed by atoms with Gasteiger partial charge < -0.3 is 20.5 Å². The maximum absolute atomic E-state index is 11.6. The fourth-order valence-electron chi connectivity index (χ4n) is 2.69. The molecule has 0 saturated carbocycles. The first-order chi connectivity index (χ1) is 11.6. The van der Waals surface area contributed by atoms with Gasteiger partial charge in [-0.1, -0.05) is 0 Å². The fourth-order valence-corrected chi connectivity index (χ4v) is 2.69. The monoisotopic (exact) mass is 327 g/mol. The third-order valence-electron chi connectivity index (χ3n) is 3.77. The van der Waals surface area contributed by atoms with Crippen LogP contribution < -0.4 is 15.8 Å². The SMILES string of the molecule is NC(=O)c1cc2ccnc(OC[C@H]3COC(=O)N3)c2n2ccnc12. The normalized spacial score (nSPS) is 17.0. The molecule has 4 heterocycles. The molecule has 1 aliphatic heterocycles. The van der Waals surface area contributed by atoms with Crippen molar-refractivity contribution in [3.8, 4) is 5.88 Å². The molecule has 3 aromatic heterocycles. The number of hydrogen-bond acceptors (Lipinski definition) is 6. The van der Waals surface area contributed by atoms with Crippen molar-refractivity contribution in [1.29, 1.82) is 0 Å². The average molecular weight is 327 g/mol. The number of aromatic nitrogens is 3. The van der Waals surface area contributed by atoms with E-state index in [1.807, 2.05) is 0 Å². The number of cyclic esters (lactones) is 1. The van der Waals surface area contributed by atoms with Crippen molar-refractivity contribution in [2.75, 3.05) is 13.2 Å². The summed E-state index contributed by atoms with van der Waals surface area (Å²) in [6.07, 6.45) is 4.40. The van der Waals surface area contributed by atoms with Crippen LogP contribution in [0.2, 0.25) is 0 Å². The van der Waals surface area contributed by atoms with E-state index in [1.165, 1.54) is 0 Å². The highest BCUT2D eigenvalue weighted by atomic mass is 16.6. The van der Waals surface area contributed by atoms with Crippen LogP contribution in [-0.2, 0) is 4.74 Å². The zero-order valence-corrected chi connectivity index (χ0v) is 12.4. The first-order valence-electron chi connectivity index (χ1n) is 7.24. The van der Waals surface area contributed by atoms with Gasteiger partial charge >= 0.3 is 6.09 Å². The van der Waals surface area contributed by atoms with Gasteiger partial charge in [0.1, 0.15) is 30.4 Å². The molecule has 1 aliphatic rings. The summed E-state index contributed by atoms with van der Waals surface area (Å²) in [5, 5.41) is 3.38. The fraction of sp³-hybridized carbons (Fsp3) is 0.200. The Hall–Kier alpha value is -3.36. The Kier molecular flexibility index (Phi) is 3.19. The minimum absolute atomic E-state index is 0.214. The van der Waals surface area contributed by atoms with Crippen LogP contribution in [0.1, 0.15) is 10.4 Å². The Balaban J connectivity index is 1.77. The van der Waals surface area contributed by atoms with Gasteiger partial charge in [-0.3, -0.25) is 9.20 Å². The summed E-state index contributed by atoms with van der Waals surface area (Å²) in [6, 6.07) is 3.18. The van der Waals surface area contributed by atoms with Gasteiger partial charge in [0.05, 0.1) is 5.56 Å². The highest BCUT2D eigenvalue weighted by Gasteiger charge is 2.23. The molecule has 1 saturated heterocycles. The Morgan fingerprint density at radius 1 is 1.46 bits per heavy atom. The lowest BCUT2D eigenvalue weighted by molar-refractivity contribution is 0.100. The number of imidazole rings is 1. The van der Waals surface area contributed by atoms with E-state index < -0.39 is 12.0 Å². The number of amides is 2. The standard InChI is InChI=1S/C15H13N5O4/c16-12(21)10-5-8-1-2-18-14(11(8)20-4-3-17-13(10)20)23-6-9-7-24-15(22)19-9/h1-5,9H,6-7H2,(H2,16,21)(H,19,22)/t9-/m0/s1. The van der Waals surface area contributed by atoms with Crippen LogP contribution in [0.3, 0.4) is 0 Å². The summed E-state index contributed by atoms with van der Waals surface area (Å²) in [4.78, 5) is 31.1. The number of nitrogens with one attached hydrogen (secondary N) is 1. The largest absolute Gasteiger partial charge is 0.474 e. The van der Waals surface area contributed by atoms with E-state index in [9.17, 15) is 9.59 Å². The number of nitrogens with two attached hydrogens (primary N) is 1. The van der Waals surface area contributed by atoms with Gasteiger partial charge in [0.15, 0.2) is 0 Å². The van der Waals surface area contributed by atoms with Crippen LogP contribution in [0.4, 0.5) is 4.79 Å². The Bertz CT molecular complexity index is 967. The molecule has 0 unspecified atom stereocenters. The summed E-state index contributed by atoms with van der Waals surface area (Å²) >= 11 is 0. The molecule has 0 aromatic carbocycles. The zero-order valence-electron chi connectivity index (χ0n) is 12.4. The molecule has 0 spiro atoms. The third-order valence-corrected chi connectivity index (χ3v) is 3.77. The van der Waals surface area contributed by atoms with Crippen LogP contribution in [0.5, 0.6) is 5.88 Å². The predicted octanol–water partition coefficient (Wildman–Crippen LogP) is 0.469. The van der Waals surface area contributed by atoms with E-state index >= 15 is 0 Å². The number of alkyl carbamates (subject to hydrolysis) is 1. The van der Waals surface area contributed by atoms with Gasteiger partial charge in [0.2, 0.25) is 5.88 Å². The van der Waals surface area contributed by atoms with E-state index in [4.69, 9.17) is 15.2 Å². The molecular weight excluding hydrogens is 314 g/mol. The number of nitrogens with zero attached hydrogens (tertiary/aromatic N) is 3. The minimum Gasteiger partial charge on any atom is -0.474 e. The lowest BCUT2D eigenvalue weighted by atomic mass is 10.1. The van der Waals surface area contributed by atoms with Gasteiger partial charge in [0.25, 0.3) is 5.91 Å². The molecule has 3 N–H and O–H groups in total. The molecule has 1 fully saturated rings. The van der Waals surface area contributed by atoms with Crippen molar-refractivity contribution in [2.45, 2.75) is 6.04 Å². The van der Waals surface area contributed by atoms with Crippen LogP contribution in [-0.4, -0.2) is 45.6 Å². The van der Waals surface area contributed by atoms with Crippen molar-refractivity contribution in [1.82, 2.24) is 19.7 Å². The first kappa shape index (κ1) is 14.2. The van der Waals surface area contributed by atoms with Crippen LogP contribution in [0, 0.1) is 0 Å². The third kappa shape index (κ3) is 2.26. The number of fused-ring (bicyclic) bond motifs is 3. The summed E-state index contributed by atoms with van der Waals surface area (Å²) < 4.78 is 12.3. The van der Waals surface area contributed by atoms with Gasteiger partial charge in [0, 0.05) is 24.0 Å². The molecule has 0 aliphatic carbocycles. The topological polar surface area (TPSA) is 121 Å². The number of rotatable bonds is 4. The number of hydrogen-bond donors (Lipinski definition) is 2. The second-order valence-corrected chi connectivity index (χ2v) is 5.35. The van der Waals surface area contributed by atoms with Gasteiger partial charge in [-0.25, -0.2) is 14.8 Å². The summed E-state index contributed by atoms with van der Waals surface area (Å²) in [7, 11) is 0. The van der Waals surface area contributed by atoms with E-state index in [2.05, 4.69) is 15.3 Å². The average Bonchev–Trinajstić information content (AvgIpc) is 3.20. The summed E-state index contributed by atoms with van der Waals surface area (Å²) in [6.45, 7) is 0.460.